The van der Waals surface area contributed by atoms with E-state index in [1.807, 2.05) is 16.3 Å². The highest BCUT2D eigenvalue weighted by Crippen LogP contribution is 2.17. The number of rotatable bonds is 8. The topological polar surface area (TPSA) is 81.0 Å². The molecule has 0 unspecified atom stereocenters. The van der Waals surface area contributed by atoms with Crippen molar-refractivity contribution in [2.75, 3.05) is 26.3 Å². The third kappa shape index (κ3) is 5.42. The van der Waals surface area contributed by atoms with E-state index in [0.29, 0.717) is 19.6 Å². The maximum Gasteiger partial charge on any atom is 0.328 e. The van der Waals surface area contributed by atoms with Crippen molar-refractivity contribution in [3.05, 3.63) is 28.0 Å². The van der Waals surface area contributed by atoms with E-state index in [4.69, 9.17) is 15.3 Å². The van der Waals surface area contributed by atoms with Gasteiger partial charge in [0, 0.05) is 30.6 Å². The van der Waals surface area contributed by atoms with Gasteiger partial charge < -0.3 is 15.3 Å². The number of aliphatic hydroxyl groups excluding tert-OH is 2. The Bertz CT molecular complexity index is 397. The first-order valence-electron chi connectivity index (χ1n) is 5.58. The Morgan fingerprint density at radius 2 is 2.00 bits per heavy atom. The van der Waals surface area contributed by atoms with Crippen LogP contribution in [0.5, 0.6) is 0 Å². The lowest BCUT2D eigenvalue weighted by atomic mass is 10.2. The first-order chi connectivity index (χ1) is 8.65. The third-order valence-corrected chi connectivity index (χ3v) is 3.24. The number of hydrogen-bond donors (Lipinski definition) is 3. The number of hydrogen-bond acceptors (Lipinski definition) is 5. The summed E-state index contributed by atoms with van der Waals surface area (Å²) in [5.41, 5.74) is 0.852. The zero-order valence-corrected chi connectivity index (χ0v) is 10.8. The molecule has 0 bridgehead atoms. The lowest BCUT2D eigenvalue weighted by Gasteiger charge is -2.18. The Hall–Kier alpha value is -1.21. The van der Waals surface area contributed by atoms with Gasteiger partial charge in [-0.1, -0.05) is 0 Å². The van der Waals surface area contributed by atoms with Gasteiger partial charge in [0.05, 0.1) is 13.2 Å². The summed E-state index contributed by atoms with van der Waals surface area (Å²) >= 11 is 1.53. The van der Waals surface area contributed by atoms with Crippen LogP contribution in [0.15, 0.2) is 17.5 Å². The number of aliphatic carboxylic acids is 1. The number of thiophene rings is 1. The molecule has 0 saturated carbocycles. The van der Waals surface area contributed by atoms with Crippen molar-refractivity contribution in [3.63, 3.8) is 0 Å². The Balaban J connectivity index is 2.58. The van der Waals surface area contributed by atoms with Crippen LogP contribution in [0, 0.1) is 0 Å². The number of aliphatic hydroxyl groups is 2. The molecule has 0 fully saturated rings. The largest absolute Gasteiger partial charge is 0.478 e. The summed E-state index contributed by atoms with van der Waals surface area (Å²) in [5, 5.41) is 28.2. The average molecular weight is 271 g/mol. The fourth-order valence-electron chi connectivity index (χ4n) is 1.51. The van der Waals surface area contributed by atoms with Gasteiger partial charge in [0.2, 0.25) is 0 Å². The van der Waals surface area contributed by atoms with E-state index in [9.17, 15) is 4.79 Å². The average Bonchev–Trinajstić information content (AvgIpc) is 2.75. The minimum absolute atomic E-state index is 0.0527. The quantitative estimate of drug-likeness (QED) is 0.604. The van der Waals surface area contributed by atoms with E-state index in [1.54, 1.807) is 6.08 Å². The van der Waals surface area contributed by atoms with E-state index in [0.717, 1.165) is 16.5 Å². The van der Waals surface area contributed by atoms with Gasteiger partial charge in [0.25, 0.3) is 0 Å². The van der Waals surface area contributed by atoms with Crippen molar-refractivity contribution >= 4 is 23.4 Å². The molecule has 1 heterocycles. The molecule has 0 radical (unpaired) electrons. The zero-order valence-electron chi connectivity index (χ0n) is 9.95. The summed E-state index contributed by atoms with van der Waals surface area (Å²) in [7, 11) is 0. The molecule has 0 aliphatic heterocycles. The fraction of sp³-hybridized carbons (Fsp3) is 0.417. The summed E-state index contributed by atoms with van der Waals surface area (Å²) < 4.78 is 0. The Kier molecular flexibility index (Phi) is 6.59. The number of carboxylic acids is 1. The number of carboxylic acid groups (broad SMARTS) is 1. The highest BCUT2D eigenvalue weighted by Gasteiger charge is 2.06. The summed E-state index contributed by atoms with van der Waals surface area (Å²) in [5.74, 6) is -0.968. The lowest BCUT2D eigenvalue weighted by molar-refractivity contribution is -0.131. The highest BCUT2D eigenvalue weighted by molar-refractivity contribution is 7.10. The minimum Gasteiger partial charge on any atom is -0.478 e. The van der Waals surface area contributed by atoms with Crippen molar-refractivity contribution < 1.29 is 20.1 Å². The van der Waals surface area contributed by atoms with Crippen LogP contribution >= 0.6 is 11.3 Å². The van der Waals surface area contributed by atoms with Gasteiger partial charge in [-0.15, -0.1) is 11.3 Å². The molecule has 0 saturated heterocycles. The second-order valence-electron chi connectivity index (χ2n) is 3.74. The molecule has 0 spiro atoms. The van der Waals surface area contributed by atoms with E-state index in [1.165, 1.54) is 11.3 Å². The van der Waals surface area contributed by atoms with Gasteiger partial charge in [-0.25, -0.2) is 4.79 Å². The molecule has 3 N–H and O–H groups in total. The van der Waals surface area contributed by atoms with Crippen LogP contribution in [0.4, 0.5) is 0 Å². The van der Waals surface area contributed by atoms with Gasteiger partial charge in [-0.3, -0.25) is 4.90 Å². The van der Waals surface area contributed by atoms with Gasteiger partial charge in [0.1, 0.15) is 0 Å². The van der Waals surface area contributed by atoms with Crippen molar-refractivity contribution in [1.82, 2.24) is 4.90 Å². The van der Waals surface area contributed by atoms with E-state index in [2.05, 4.69) is 0 Å². The van der Waals surface area contributed by atoms with E-state index in [-0.39, 0.29) is 13.2 Å². The molecule has 18 heavy (non-hydrogen) atoms. The SMILES string of the molecule is O=C(O)C=Cc1csc(CN(CCO)CCO)c1. The molecule has 1 rings (SSSR count). The molecule has 1 aromatic heterocycles. The normalized spacial score (nSPS) is 11.5. The van der Waals surface area contributed by atoms with Crippen LogP contribution in [0.2, 0.25) is 0 Å². The standard InChI is InChI=1S/C12H17NO4S/c14-5-3-13(4-6-15)8-11-7-10(9-18-11)1-2-12(16)17/h1-2,7,9,14-15H,3-6,8H2,(H,16,17). The monoisotopic (exact) mass is 271 g/mol. The number of nitrogens with zero attached hydrogens (tertiary/aromatic N) is 1. The van der Waals surface area contributed by atoms with E-state index < -0.39 is 5.97 Å². The van der Waals surface area contributed by atoms with Crippen LogP contribution < -0.4 is 0 Å². The van der Waals surface area contributed by atoms with Crippen LogP contribution in [-0.2, 0) is 11.3 Å². The smallest absolute Gasteiger partial charge is 0.328 e. The second kappa shape index (κ2) is 7.99. The summed E-state index contributed by atoms with van der Waals surface area (Å²) in [6.45, 7) is 1.78. The summed E-state index contributed by atoms with van der Waals surface area (Å²) in [6, 6.07) is 1.91. The second-order valence-corrected chi connectivity index (χ2v) is 4.74. The molecule has 0 amide bonds. The molecule has 0 aliphatic carbocycles. The lowest BCUT2D eigenvalue weighted by Crippen LogP contribution is -2.28. The van der Waals surface area contributed by atoms with Gasteiger partial charge in [-0.2, -0.15) is 0 Å². The molecular weight excluding hydrogens is 254 g/mol. The molecule has 1 aromatic rings. The van der Waals surface area contributed by atoms with Crippen LogP contribution in [-0.4, -0.2) is 52.5 Å². The predicted molar refractivity (Wildman–Crippen MR) is 70.4 cm³/mol. The minimum atomic E-state index is -0.968. The fourth-order valence-corrected chi connectivity index (χ4v) is 2.40. The molecule has 100 valence electrons. The van der Waals surface area contributed by atoms with Crippen LogP contribution in [0.1, 0.15) is 10.4 Å². The summed E-state index contributed by atoms with van der Waals surface area (Å²) in [4.78, 5) is 13.4. The highest BCUT2D eigenvalue weighted by atomic mass is 32.1. The molecule has 0 atom stereocenters. The van der Waals surface area contributed by atoms with Crippen molar-refractivity contribution in [2.45, 2.75) is 6.54 Å². The van der Waals surface area contributed by atoms with Gasteiger partial charge in [0.15, 0.2) is 0 Å². The maximum atomic E-state index is 10.4. The van der Waals surface area contributed by atoms with Gasteiger partial charge in [-0.05, 0) is 23.1 Å². The molecule has 0 aromatic carbocycles. The van der Waals surface area contributed by atoms with Crippen LogP contribution in [0.3, 0.4) is 0 Å². The maximum absolute atomic E-state index is 10.4. The Labute approximate surface area is 110 Å². The molecule has 0 aliphatic rings. The molecule has 5 nitrogen and oxygen atoms in total. The van der Waals surface area contributed by atoms with Crippen molar-refractivity contribution in [3.8, 4) is 0 Å². The Morgan fingerprint density at radius 3 is 2.56 bits per heavy atom. The molecular formula is C12H17NO4S. The van der Waals surface area contributed by atoms with E-state index >= 15 is 0 Å². The summed E-state index contributed by atoms with van der Waals surface area (Å²) in [6.07, 6.45) is 2.65. The van der Waals surface area contributed by atoms with Crippen molar-refractivity contribution in [2.24, 2.45) is 0 Å². The van der Waals surface area contributed by atoms with Crippen LogP contribution in [0.25, 0.3) is 6.08 Å². The number of carbonyl (C=O) groups is 1. The molecule has 6 heteroatoms. The third-order valence-electron chi connectivity index (χ3n) is 2.30. The zero-order chi connectivity index (χ0) is 13.4. The first kappa shape index (κ1) is 14.8. The predicted octanol–water partition coefficient (Wildman–Crippen LogP) is 0.633. The van der Waals surface area contributed by atoms with Crippen molar-refractivity contribution in [1.29, 1.82) is 0 Å². The Morgan fingerprint density at radius 1 is 1.33 bits per heavy atom. The first-order valence-corrected chi connectivity index (χ1v) is 6.46. The van der Waals surface area contributed by atoms with Gasteiger partial charge >= 0.3 is 5.97 Å².